The number of aryl methyl sites for hydroxylation is 1. The zero-order valence-electron chi connectivity index (χ0n) is 18.7. The Morgan fingerprint density at radius 3 is 2.03 bits per heavy atom. The van der Waals surface area contributed by atoms with Gasteiger partial charge in [0, 0.05) is 18.2 Å². The standard InChI is InChI=1S/C24H31N3OS/c1-15(25-26-22-27(8)19-11-9-10-12-20(19)29-22)16-13-17(23(2,3)4)21(28)18(14-16)24(5,6)7/h9-14,28H,1-8H3/b25-15+,26-22+. The third-order valence-corrected chi connectivity index (χ3v) is 6.25. The summed E-state index contributed by atoms with van der Waals surface area (Å²) in [7, 11) is 2.01. The van der Waals surface area contributed by atoms with Gasteiger partial charge < -0.3 is 9.67 Å². The number of fused-ring (bicyclic) bond motifs is 1. The molecule has 0 amide bonds. The lowest BCUT2D eigenvalue weighted by Gasteiger charge is -2.28. The van der Waals surface area contributed by atoms with Crippen molar-refractivity contribution < 1.29 is 5.11 Å². The summed E-state index contributed by atoms with van der Waals surface area (Å²) in [5, 5.41) is 20.0. The monoisotopic (exact) mass is 409 g/mol. The SMILES string of the molecule is C/C(=N\N=c1\sc2ccccc2n1C)c1cc(C(C)(C)C)c(O)c(C(C)(C)C)c1. The van der Waals surface area contributed by atoms with E-state index in [1.165, 1.54) is 4.70 Å². The zero-order valence-corrected chi connectivity index (χ0v) is 19.5. The van der Waals surface area contributed by atoms with E-state index in [0.717, 1.165) is 32.7 Å². The molecule has 0 fully saturated rings. The molecule has 0 aliphatic heterocycles. The van der Waals surface area contributed by atoms with Crippen LogP contribution in [-0.2, 0) is 17.9 Å². The maximum Gasteiger partial charge on any atom is 0.211 e. The third kappa shape index (κ3) is 4.30. The van der Waals surface area contributed by atoms with Gasteiger partial charge in [-0.1, -0.05) is 65.0 Å². The first kappa shape index (κ1) is 21.3. The van der Waals surface area contributed by atoms with E-state index in [-0.39, 0.29) is 10.8 Å². The van der Waals surface area contributed by atoms with Crippen molar-refractivity contribution in [3.05, 3.63) is 57.9 Å². The van der Waals surface area contributed by atoms with Crippen LogP contribution in [0, 0.1) is 0 Å². The first-order chi connectivity index (χ1) is 13.4. The molecule has 1 aromatic heterocycles. The molecule has 0 unspecified atom stereocenters. The lowest BCUT2D eigenvalue weighted by atomic mass is 9.78. The summed E-state index contributed by atoms with van der Waals surface area (Å²) < 4.78 is 3.26. The Kier molecular flexibility index (Phi) is 5.48. The highest BCUT2D eigenvalue weighted by Gasteiger charge is 2.26. The second-order valence-electron chi connectivity index (χ2n) is 9.62. The highest BCUT2D eigenvalue weighted by Crippen LogP contribution is 2.39. The molecule has 2 aromatic carbocycles. The van der Waals surface area contributed by atoms with Gasteiger partial charge in [-0.05, 0) is 47.6 Å². The van der Waals surface area contributed by atoms with Crippen LogP contribution in [0.3, 0.4) is 0 Å². The molecule has 1 N–H and O–H groups in total. The van der Waals surface area contributed by atoms with Crippen molar-refractivity contribution in [3.63, 3.8) is 0 Å². The van der Waals surface area contributed by atoms with Gasteiger partial charge in [0.2, 0.25) is 4.80 Å². The zero-order chi connectivity index (χ0) is 21.6. The Bertz CT molecular complexity index is 1120. The van der Waals surface area contributed by atoms with E-state index in [9.17, 15) is 5.11 Å². The number of thiazole rings is 1. The fourth-order valence-corrected chi connectivity index (χ4v) is 4.31. The van der Waals surface area contributed by atoms with Crippen LogP contribution in [0.25, 0.3) is 10.2 Å². The summed E-state index contributed by atoms with van der Waals surface area (Å²) in [6, 6.07) is 12.3. The average Bonchev–Trinajstić information content (AvgIpc) is 2.94. The van der Waals surface area contributed by atoms with E-state index in [1.807, 2.05) is 38.2 Å². The van der Waals surface area contributed by atoms with Gasteiger partial charge in [-0.2, -0.15) is 5.10 Å². The van der Waals surface area contributed by atoms with Crippen LogP contribution in [0.1, 0.15) is 65.2 Å². The highest BCUT2D eigenvalue weighted by atomic mass is 32.1. The molecule has 0 aliphatic carbocycles. The van der Waals surface area contributed by atoms with Gasteiger partial charge in [0.25, 0.3) is 0 Å². The van der Waals surface area contributed by atoms with Gasteiger partial charge in [-0.15, -0.1) is 5.10 Å². The molecule has 0 saturated heterocycles. The molecule has 4 nitrogen and oxygen atoms in total. The Balaban J connectivity index is 2.15. The van der Waals surface area contributed by atoms with E-state index in [2.05, 4.69) is 68.4 Å². The Labute approximate surface area is 177 Å². The summed E-state index contributed by atoms with van der Waals surface area (Å²) in [4.78, 5) is 0.858. The fourth-order valence-electron chi connectivity index (χ4n) is 3.34. The summed E-state index contributed by atoms with van der Waals surface area (Å²) in [6.07, 6.45) is 0. The summed E-state index contributed by atoms with van der Waals surface area (Å²) in [6.45, 7) is 14.7. The number of phenolic OH excluding ortho intramolecular Hbond substituents is 1. The molecule has 3 aromatic rings. The second-order valence-corrected chi connectivity index (χ2v) is 10.6. The quantitative estimate of drug-likeness (QED) is 0.418. The molecule has 0 saturated carbocycles. The minimum Gasteiger partial charge on any atom is -0.507 e. The van der Waals surface area contributed by atoms with Crippen molar-refractivity contribution in [2.75, 3.05) is 0 Å². The van der Waals surface area contributed by atoms with Crippen molar-refractivity contribution in [1.29, 1.82) is 0 Å². The number of para-hydroxylation sites is 1. The van der Waals surface area contributed by atoms with Crippen molar-refractivity contribution >= 4 is 27.3 Å². The van der Waals surface area contributed by atoms with Gasteiger partial charge in [0.15, 0.2) is 0 Å². The van der Waals surface area contributed by atoms with Crippen molar-refractivity contribution in [2.45, 2.75) is 59.3 Å². The molecule has 0 aliphatic rings. The van der Waals surface area contributed by atoms with Crippen LogP contribution in [0.4, 0.5) is 0 Å². The first-order valence-electron chi connectivity index (χ1n) is 9.91. The Morgan fingerprint density at radius 2 is 1.52 bits per heavy atom. The number of hydrogen-bond donors (Lipinski definition) is 1. The molecule has 154 valence electrons. The third-order valence-electron chi connectivity index (χ3n) is 5.14. The molecule has 0 radical (unpaired) electrons. The number of phenols is 1. The normalized spacial score (nSPS) is 14.1. The lowest BCUT2D eigenvalue weighted by molar-refractivity contribution is 0.423. The smallest absolute Gasteiger partial charge is 0.211 e. The predicted octanol–water partition coefficient (Wildman–Crippen LogP) is 5.87. The fraction of sp³-hybridized carbons (Fsp3) is 0.417. The summed E-state index contributed by atoms with van der Waals surface area (Å²) in [5.74, 6) is 0.384. The second kappa shape index (κ2) is 7.45. The predicted molar refractivity (Wildman–Crippen MR) is 124 cm³/mol. The van der Waals surface area contributed by atoms with Gasteiger partial charge in [0.1, 0.15) is 5.75 Å². The molecule has 3 rings (SSSR count). The molecule has 0 atom stereocenters. The molecule has 5 heteroatoms. The topological polar surface area (TPSA) is 49.9 Å². The van der Waals surface area contributed by atoms with Crippen LogP contribution in [0.5, 0.6) is 5.75 Å². The van der Waals surface area contributed by atoms with Crippen molar-refractivity contribution in [3.8, 4) is 5.75 Å². The molecule has 29 heavy (non-hydrogen) atoms. The van der Waals surface area contributed by atoms with Crippen molar-refractivity contribution in [1.82, 2.24) is 4.57 Å². The first-order valence-corrected chi connectivity index (χ1v) is 10.7. The number of rotatable bonds is 2. The number of benzene rings is 2. The molecule has 0 spiro atoms. The average molecular weight is 410 g/mol. The highest BCUT2D eigenvalue weighted by molar-refractivity contribution is 7.16. The summed E-state index contributed by atoms with van der Waals surface area (Å²) >= 11 is 1.63. The number of hydrogen-bond acceptors (Lipinski definition) is 4. The lowest BCUT2D eigenvalue weighted by Crippen LogP contribution is -2.18. The van der Waals surface area contributed by atoms with E-state index < -0.39 is 0 Å². The maximum absolute atomic E-state index is 10.9. The largest absolute Gasteiger partial charge is 0.507 e. The van der Waals surface area contributed by atoms with Crippen LogP contribution in [0.2, 0.25) is 0 Å². The van der Waals surface area contributed by atoms with E-state index in [0.29, 0.717) is 5.75 Å². The van der Waals surface area contributed by atoms with E-state index >= 15 is 0 Å². The maximum atomic E-state index is 10.9. The van der Waals surface area contributed by atoms with E-state index in [4.69, 9.17) is 0 Å². The Hall–Kier alpha value is -2.40. The van der Waals surface area contributed by atoms with Crippen molar-refractivity contribution in [2.24, 2.45) is 17.3 Å². The van der Waals surface area contributed by atoms with Gasteiger partial charge in [-0.3, -0.25) is 0 Å². The molecule has 0 bridgehead atoms. The van der Waals surface area contributed by atoms with Crippen LogP contribution >= 0.6 is 11.3 Å². The van der Waals surface area contributed by atoms with Crippen LogP contribution in [-0.4, -0.2) is 15.4 Å². The minimum absolute atomic E-state index is 0.171. The minimum atomic E-state index is -0.171. The van der Waals surface area contributed by atoms with Gasteiger partial charge in [0.05, 0.1) is 15.9 Å². The molecular formula is C24H31N3OS. The van der Waals surface area contributed by atoms with Crippen LogP contribution < -0.4 is 4.80 Å². The number of aromatic hydroxyl groups is 1. The van der Waals surface area contributed by atoms with Gasteiger partial charge >= 0.3 is 0 Å². The van der Waals surface area contributed by atoms with Crippen LogP contribution in [0.15, 0.2) is 46.6 Å². The number of nitrogens with zero attached hydrogens (tertiary/aromatic N) is 3. The molecular weight excluding hydrogens is 378 g/mol. The Morgan fingerprint density at radius 1 is 0.966 bits per heavy atom. The van der Waals surface area contributed by atoms with E-state index in [1.54, 1.807) is 11.3 Å². The molecule has 1 heterocycles. The summed E-state index contributed by atoms with van der Waals surface area (Å²) in [5.41, 5.74) is 4.50. The number of aromatic nitrogens is 1. The van der Waals surface area contributed by atoms with Gasteiger partial charge in [-0.25, -0.2) is 0 Å².